The molecule has 2 aromatic rings. The van der Waals surface area contributed by atoms with Crippen molar-refractivity contribution in [1.82, 2.24) is 9.97 Å². The lowest BCUT2D eigenvalue weighted by molar-refractivity contribution is -0.139. The van der Waals surface area contributed by atoms with Gasteiger partial charge in [0.25, 0.3) is 5.56 Å². The average Bonchev–Trinajstić information content (AvgIpc) is 2.90. The molecule has 2 rings (SSSR count). The van der Waals surface area contributed by atoms with Gasteiger partial charge >= 0.3 is 5.97 Å². The zero-order valence-corrected chi connectivity index (χ0v) is 14.6. The average molecular weight is 403 g/mol. The highest BCUT2D eigenvalue weighted by molar-refractivity contribution is 9.11. The van der Waals surface area contributed by atoms with Gasteiger partial charge in [-0.05, 0) is 28.1 Å². The summed E-state index contributed by atoms with van der Waals surface area (Å²) < 4.78 is 5.42. The van der Waals surface area contributed by atoms with E-state index in [9.17, 15) is 14.4 Å². The van der Waals surface area contributed by atoms with Crippen molar-refractivity contribution in [3.05, 3.63) is 42.9 Å². The van der Waals surface area contributed by atoms with E-state index in [1.165, 1.54) is 24.5 Å². The van der Waals surface area contributed by atoms with Crippen LogP contribution in [0.1, 0.15) is 15.4 Å². The standard InChI is InChI=1S/C13H11BrN2O4S2/c1-20-12(19)5-7-4-11(18)16-13(15-7)21-6-8(17)9-2-3-10(14)22-9/h2-4H,5-6H2,1H3,(H,15,16,18). The van der Waals surface area contributed by atoms with Gasteiger partial charge in [-0.25, -0.2) is 4.98 Å². The van der Waals surface area contributed by atoms with Crippen LogP contribution in [0.15, 0.2) is 31.9 Å². The minimum absolute atomic E-state index is 0.0540. The predicted octanol–water partition coefficient (Wildman–Crippen LogP) is 2.28. The number of carbonyl (C=O) groups is 2. The summed E-state index contributed by atoms with van der Waals surface area (Å²) in [7, 11) is 1.27. The van der Waals surface area contributed by atoms with Crippen LogP contribution in [-0.4, -0.2) is 34.6 Å². The fourth-order valence-electron chi connectivity index (χ4n) is 1.53. The van der Waals surface area contributed by atoms with Crippen LogP contribution in [0, 0.1) is 0 Å². The number of carbonyl (C=O) groups excluding carboxylic acids is 2. The van der Waals surface area contributed by atoms with Gasteiger partial charge in [-0.2, -0.15) is 0 Å². The number of methoxy groups -OCH3 is 1. The molecule has 0 unspecified atom stereocenters. The normalized spacial score (nSPS) is 10.5. The first kappa shape index (κ1) is 16.9. The second-order valence-corrected chi connectivity index (χ2v) is 7.54. The van der Waals surface area contributed by atoms with E-state index in [0.29, 0.717) is 15.7 Å². The molecule has 0 radical (unpaired) electrons. The van der Waals surface area contributed by atoms with Crippen molar-refractivity contribution < 1.29 is 14.3 Å². The molecule has 0 saturated carbocycles. The second-order valence-electron chi connectivity index (χ2n) is 4.11. The molecule has 0 aromatic carbocycles. The van der Waals surface area contributed by atoms with E-state index in [-0.39, 0.29) is 23.5 Å². The number of halogens is 1. The summed E-state index contributed by atoms with van der Waals surface area (Å²) in [5.74, 6) is -0.382. The number of thioether (sulfide) groups is 1. The van der Waals surface area contributed by atoms with Gasteiger partial charge in [0, 0.05) is 6.07 Å². The number of nitrogens with one attached hydrogen (secondary N) is 1. The van der Waals surface area contributed by atoms with E-state index in [1.54, 1.807) is 12.1 Å². The number of thiophene rings is 1. The maximum absolute atomic E-state index is 12.0. The van der Waals surface area contributed by atoms with Crippen LogP contribution in [0.3, 0.4) is 0 Å². The van der Waals surface area contributed by atoms with Crippen molar-refractivity contribution >= 4 is 50.8 Å². The number of esters is 1. The molecule has 22 heavy (non-hydrogen) atoms. The molecule has 0 amide bonds. The Balaban J connectivity index is 2.04. The van der Waals surface area contributed by atoms with Gasteiger partial charge in [0.2, 0.25) is 0 Å². The van der Waals surface area contributed by atoms with E-state index in [2.05, 4.69) is 30.6 Å². The van der Waals surface area contributed by atoms with Gasteiger partial charge in [0.1, 0.15) is 0 Å². The van der Waals surface area contributed by atoms with Gasteiger partial charge in [0.15, 0.2) is 10.9 Å². The molecular weight excluding hydrogens is 392 g/mol. The third-order valence-corrected chi connectivity index (χ3v) is 5.05. The smallest absolute Gasteiger partial charge is 0.311 e. The second kappa shape index (κ2) is 7.70. The van der Waals surface area contributed by atoms with Crippen molar-refractivity contribution in [3.8, 4) is 0 Å². The number of Topliss-reactive ketones (excluding diaryl/α,β-unsaturated/α-hetero) is 1. The van der Waals surface area contributed by atoms with Crippen LogP contribution in [0.5, 0.6) is 0 Å². The topological polar surface area (TPSA) is 89.1 Å². The van der Waals surface area contributed by atoms with E-state index in [0.717, 1.165) is 15.5 Å². The number of aromatic nitrogens is 2. The van der Waals surface area contributed by atoms with Gasteiger partial charge in [-0.15, -0.1) is 11.3 Å². The van der Waals surface area contributed by atoms with Crippen molar-refractivity contribution in [3.63, 3.8) is 0 Å². The number of ketones is 1. The molecule has 0 aliphatic carbocycles. The molecule has 9 heteroatoms. The summed E-state index contributed by atoms with van der Waals surface area (Å²) in [5, 5.41) is 0.301. The zero-order chi connectivity index (χ0) is 16.1. The first-order valence-electron chi connectivity index (χ1n) is 6.06. The largest absolute Gasteiger partial charge is 0.469 e. The molecule has 1 N–H and O–H groups in total. The van der Waals surface area contributed by atoms with Gasteiger partial charge in [-0.3, -0.25) is 14.4 Å². The highest BCUT2D eigenvalue weighted by Gasteiger charge is 2.12. The Morgan fingerprint density at radius 2 is 2.23 bits per heavy atom. The summed E-state index contributed by atoms with van der Waals surface area (Å²) in [6.45, 7) is 0. The third kappa shape index (κ3) is 4.79. The summed E-state index contributed by atoms with van der Waals surface area (Å²) in [4.78, 5) is 42.1. The molecule has 2 aromatic heterocycles. The van der Waals surface area contributed by atoms with E-state index in [1.807, 2.05) is 0 Å². The van der Waals surface area contributed by atoms with Crippen LogP contribution < -0.4 is 5.56 Å². The Hall–Kier alpha value is -1.45. The van der Waals surface area contributed by atoms with Crippen LogP contribution >= 0.6 is 39.0 Å². The fraction of sp³-hybridized carbons (Fsp3) is 0.231. The number of aromatic amines is 1. The third-order valence-electron chi connectivity index (χ3n) is 2.51. The minimum Gasteiger partial charge on any atom is -0.469 e. The molecule has 0 bridgehead atoms. The summed E-state index contributed by atoms with van der Waals surface area (Å²) in [5.41, 5.74) is -0.0628. The minimum atomic E-state index is -0.478. The Morgan fingerprint density at radius 3 is 2.86 bits per heavy atom. The Kier molecular flexibility index (Phi) is 5.92. The predicted molar refractivity (Wildman–Crippen MR) is 87.7 cm³/mol. The summed E-state index contributed by atoms with van der Waals surface area (Å²) in [6, 6.07) is 4.78. The van der Waals surface area contributed by atoms with Gasteiger partial charge in [0.05, 0.1) is 33.6 Å². The quantitative estimate of drug-likeness (QED) is 0.345. The molecule has 0 fully saturated rings. The maximum Gasteiger partial charge on any atom is 0.311 e. The number of hydrogen-bond donors (Lipinski definition) is 1. The van der Waals surface area contributed by atoms with Crippen LogP contribution in [-0.2, 0) is 16.0 Å². The van der Waals surface area contributed by atoms with Crippen molar-refractivity contribution in [2.75, 3.05) is 12.9 Å². The highest BCUT2D eigenvalue weighted by atomic mass is 79.9. The summed E-state index contributed by atoms with van der Waals surface area (Å²) >= 11 is 5.77. The zero-order valence-electron chi connectivity index (χ0n) is 11.4. The number of nitrogens with zero attached hydrogens (tertiary/aromatic N) is 1. The monoisotopic (exact) mass is 402 g/mol. The Labute approximate surface area is 142 Å². The first-order chi connectivity index (χ1) is 10.5. The fourth-order valence-corrected chi connectivity index (χ4v) is 3.72. The highest BCUT2D eigenvalue weighted by Crippen LogP contribution is 2.24. The molecular formula is C13H11BrN2O4S2. The van der Waals surface area contributed by atoms with E-state index in [4.69, 9.17) is 0 Å². The van der Waals surface area contributed by atoms with E-state index < -0.39 is 5.97 Å². The Bertz CT molecular complexity index is 756. The molecule has 6 nitrogen and oxygen atoms in total. The molecule has 0 saturated heterocycles. The lowest BCUT2D eigenvalue weighted by Crippen LogP contribution is -2.14. The molecule has 0 spiro atoms. The number of ether oxygens (including phenoxy) is 1. The SMILES string of the molecule is COC(=O)Cc1cc(=O)[nH]c(SCC(=O)c2ccc(Br)s2)n1. The van der Waals surface area contributed by atoms with Gasteiger partial charge < -0.3 is 9.72 Å². The maximum atomic E-state index is 12.0. The lowest BCUT2D eigenvalue weighted by Gasteiger charge is -2.03. The molecule has 0 aliphatic heterocycles. The molecule has 2 heterocycles. The summed E-state index contributed by atoms with van der Waals surface area (Å²) in [6.07, 6.45) is -0.0835. The van der Waals surface area contributed by atoms with Crippen LogP contribution in [0.25, 0.3) is 0 Å². The lowest BCUT2D eigenvalue weighted by atomic mass is 10.3. The number of H-pyrrole nitrogens is 1. The van der Waals surface area contributed by atoms with Crippen molar-refractivity contribution in [2.45, 2.75) is 11.6 Å². The molecule has 0 atom stereocenters. The molecule has 0 aliphatic rings. The van der Waals surface area contributed by atoms with Crippen LogP contribution in [0.2, 0.25) is 0 Å². The van der Waals surface area contributed by atoms with Crippen molar-refractivity contribution in [1.29, 1.82) is 0 Å². The number of rotatable bonds is 6. The Morgan fingerprint density at radius 1 is 1.45 bits per heavy atom. The molecule has 116 valence electrons. The van der Waals surface area contributed by atoms with Gasteiger partial charge in [-0.1, -0.05) is 11.8 Å². The van der Waals surface area contributed by atoms with Crippen molar-refractivity contribution in [2.24, 2.45) is 0 Å². The van der Waals surface area contributed by atoms with E-state index >= 15 is 0 Å². The number of hydrogen-bond acceptors (Lipinski definition) is 7. The van der Waals surface area contributed by atoms with Crippen LogP contribution in [0.4, 0.5) is 0 Å². The first-order valence-corrected chi connectivity index (χ1v) is 8.66.